The number of non-ortho nitro benzene ring substituents is 1. The highest BCUT2D eigenvalue weighted by Gasteiger charge is 2.41. The van der Waals surface area contributed by atoms with Crippen LogP contribution in [0.15, 0.2) is 41.2 Å². The molecule has 7 nitrogen and oxygen atoms in total. The molecule has 5 rings (SSSR count). The average Bonchev–Trinajstić information content (AvgIpc) is 3.31. The van der Waals surface area contributed by atoms with Crippen molar-refractivity contribution in [1.29, 1.82) is 0 Å². The Morgan fingerprint density at radius 3 is 2.47 bits per heavy atom. The lowest BCUT2D eigenvalue weighted by Crippen LogP contribution is -2.29. The quantitative estimate of drug-likeness (QED) is 0.370. The van der Waals surface area contributed by atoms with Crippen molar-refractivity contribution in [1.82, 2.24) is 9.88 Å². The Morgan fingerprint density at radius 2 is 1.85 bits per heavy atom. The number of anilines is 1. The Kier molecular flexibility index (Phi) is 5.73. The number of benzene rings is 2. The number of alkyl halides is 3. The van der Waals surface area contributed by atoms with Crippen LogP contribution in [0.25, 0.3) is 10.1 Å². The van der Waals surface area contributed by atoms with Crippen LogP contribution >= 0.6 is 22.9 Å². The lowest BCUT2D eigenvalue weighted by Gasteiger charge is -2.22. The molecule has 0 saturated carbocycles. The zero-order valence-corrected chi connectivity index (χ0v) is 19.2. The van der Waals surface area contributed by atoms with Gasteiger partial charge in [-0.1, -0.05) is 35.1 Å². The van der Waals surface area contributed by atoms with E-state index in [2.05, 4.69) is 9.88 Å². The number of hydrogen-bond donors (Lipinski definition) is 0. The summed E-state index contributed by atoms with van der Waals surface area (Å²) >= 11 is 6.97. The third kappa shape index (κ3) is 4.35. The van der Waals surface area contributed by atoms with E-state index in [1.165, 1.54) is 0 Å². The zero-order valence-electron chi connectivity index (χ0n) is 17.6. The highest BCUT2D eigenvalue weighted by atomic mass is 35.5. The number of aromatic nitrogens is 1. The molecule has 2 unspecified atom stereocenters. The van der Waals surface area contributed by atoms with Gasteiger partial charge in [0.25, 0.3) is 11.2 Å². The summed E-state index contributed by atoms with van der Waals surface area (Å²) in [7, 11) is 0. The van der Waals surface area contributed by atoms with Crippen molar-refractivity contribution >= 4 is 43.8 Å². The number of nitro benzene ring substituents is 1. The summed E-state index contributed by atoms with van der Waals surface area (Å²) in [6, 6.07) is 8.84. The van der Waals surface area contributed by atoms with Crippen LogP contribution in [0.4, 0.5) is 24.0 Å². The maximum atomic E-state index is 13.2. The number of nitrogens with zero attached hydrogens (tertiary/aromatic N) is 4. The van der Waals surface area contributed by atoms with E-state index in [0.717, 1.165) is 36.5 Å². The Hall–Kier alpha value is -2.76. The van der Waals surface area contributed by atoms with Gasteiger partial charge in [-0.15, -0.1) is 0 Å². The first-order chi connectivity index (χ1) is 16.1. The number of nitro groups is 1. The summed E-state index contributed by atoms with van der Waals surface area (Å²) in [5.41, 5.74) is -1.73. The second kappa shape index (κ2) is 8.47. The molecule has 1 aromatic heterocycles. The van der Waals surface area contributed by atoms with E-state index in [4.69, 9.17) is 11.6 Å². The molecule has 0 bridgehead atoms. The van der Waals surface area contributed by atoms with Crippen molar-refractivity contribution in [2.24, 2.45) is 11.8 Å². The van der Waals surface area contributed by atoms with E-state index in [1.54, 1.807) is 0 Å². The number of hydrogen-bond acceptors (Lipinski definition) is 7. The highest BCUT2D eigenvalue weighted by Crippen LogP contribution is 2.40. The molecule has 3 heterocycles. The van der Waals surface area contributed by atoms with E-state index < -0.39 is 27.9 Å². The fourth-order valence-electron chi connectivity index (χ4n) is 4.84. The van der Waals surface area contributed by atoms with Gasteiger partial charge in [0.15, 0.2) is 5.13 Å². The minimum Gasteiger partial charge on any atom is -0.347 e. The van der Waals surface area contributed by atoms with Crippen molar-refractivity contribution in [3.63, 3.8) is 0 Å². The molecule has 0 aliphatic carbocycles. The smallest absolute Gasteiger partial charge is 0.347 e. The van der Waals surface area contributed by atoms with Crippen LogP contribution in [0.5, 0.6) is 0 Å². The largest absolute Gasteiger partial charge is 0.416 e. The monoisotopic (exact) mass is 510 g/mol. The summed E-state index contributed by atoms with van der Waals surface area (Å²) in [6.07, 6.45) is -4.81. The molecule has 3 aromatic rings. The molecule has 2 fully saturated rings. The summed E-state index contributed by atoms with van der Waals surface area (Å²) in [5.74, 6) is 0.670. The van der Waals surface area contributed by atoms with E-state index in [1.807, 2.05) is 29.2 Å². The second-order valence-corrected chi connectivity index (χ2v) is 10.1. The van der Waals surface area contributed by atoms with Crippen molar-refractivity contribution in [2.45, 2.75) is 12.7 Å². The van der Waals surface area contributed by atoms with Gasteiger partial charge in [0, 0.05) is 43.8 Å². The first-order valence-electron chi connectivity index (χ1n) is 10.5. The standard InChI is InChI=1S/C22H18ClF3N4O3S/c23-16-3-1-2-12(4-16)7-28-8-13-10-29(11-14(13)9-28)21-27-20(31)17-5-15(22(24,25)26)6-18(30(32)33)19(17)34-21/h1-6,13-14H,7-11H2. The van der Waals surface area contributed by atoms with Crippen LogP contribution in [0.1, 0.15) is 11.1 Å². The minimum absolute atomic E-state index is 0.0901. The molecular formula is C22H18ClF3N4O3S. The molecule has 0 spiro atoms. The van der Waals surface area contributed by atoms with E-state index in [9.17, 15) is 28.1 Å². The van der Waals surface area contributed by atoms with Gasteiger partial charge in [0.05, 0.1) is 15.9 Å². The maximum absolute atomic E-state index is 13.2. The third-order valence-corrected chi connectivity index (χ3v) is 7.74. The number of likely N-dealkylation sites (tertiary alicyclic amines) is 1. The summed E-state index contributed by atoms with van der Waals surface area (Å²) in [5, 5.41) is 12.1. The van der Waals surface area contributed by atoms with Gasteiger partial charge >= 0.3 is 6.18 Å². The van der Waals surface area contributed by atoms with Crippen LogP contribution in [-0.2, 0) is 12.7 Å². The topological polar surface area (TPSA) is 79.6 Å². The van der Waals surface area contributed by atoms with E-state index in [-0.39, 0.29) is 10.1 Å². The second-order valence-electron chi connectivity index (χ2n) is 8.68. The molecule has 12 heteroatoms. The van der Waals surface area contributed by atoms with E-state index >= 15 is 0 Å². The molecule has 178 valence electrons. The summed E-state index contributed by atoms with van der Waals surface area (Å²) in [4.78, 5) is 31.5. The predicted molar refractivity (Wildman–Crippen MR) is 123 cm³/mol. The van der Waals surface area contributed by atoms with Gasteiger partial charge in [-0.05, 0) is 35.6 Å². The lowest BCUT2D eigenvalue weighted by atomic mass is 10.0. The molecule has 2 atom stereocenters. The fraction of sp³-hybridized carbons (Fsp3) is 0.364. The van der Waals surface area contributed by atoms with Gasteiger partial charge in [0.1, 0.15) is 4.70 Å². The van der Waals surface area contributed by atoms with Crippen molar-refractivity contribution in [2.75, 3.05) is 31.1 Å². The molecule has 2 aliphatic rings. The molecule has 34 heavy (non-hydrogen) atoms. The SMILES string of the molecule is O=c1nc(N2CC3CN(Cc4cccc(Cl)c4)CC3C2)sc2c([N+](=O)[O-])cc(C(F)(F)F)cc12. The molecule has 2 aromatic carbocycles. The van der Waals surface area contributed by atoms with Gasteiger partial charge in [-0.3, -0.25) is 19.8 Å². The van der Waals surface area contributed by atoms with Crippen LogP contribution in [0.2, 0.25) is 5.02 Å². The molecule has 0 N–H and O–H groups in total. The van der Waals surface area contributed by atoms with Crippen LogP contribution in [0.3, 0.4) is 0 Å². The molecule has 0 radical (unpaired) electrons. The van der Waals surface area contributed by atoms with Gasteiger partial charge in [-0.2, -0.15) is 18.2 Å². The number of fused-ring (bicyclic) bond motifs is 2. The van der Waals surface area contributed by atoms with E-state index in [0.29, 0.717) is 47.2 Å². The predicted octanol–water partition coefficient (Wildman–Crippen LogP) is 4.81. The average molecular weight is 511 g/mol. The highest BCUT2D eigenvalue weighted by molar-refractivity contribution is 7.22. The Balaban J connectivity index is 1.38. The molecule has 0 amide bonds. The van der Waals surface area contributed by atoms with Crippen LogP contribution in [0, 0.1) is 22.0 Å². The summed E-state index contributed by atoms with van der Waals surface area (Å²) < 4.78 is 39.4. The number of rotatable bonds is 4. The Labute approximate surface area is 200 Å². The van der Waals surface area contributed by atoms with Crippen molar-refractivity contribution in [3.05, 3.63) is 73.0 Å². The maximum Gasteiger partial charge on any atom is 0.416 e. The summed E-state index contributed by atoms with van der Waals surface area (Å²) in [6.45, 7) is 3.73. The normalized spacial score (nSPS) is 20.8. The lowest BCUT2D eigenvalue weighted by molar-refractivity contribution is -0.383. The molecule has 2 aliphatic heterocycles. The first kappa shape index (κ1) is 23.0. The Bertz CT molecular complexity index is 1340. The molecular weight excluding hydrogens is 493 g/mol. The number of halogens is 4. The van der Waals surface area contributed by atoms with Crippen LogP contribution in [-0.4, -0.2) is 41.0 Å². The Morgan fingerprint density at radius 1 is 1.15 bits per heavy atom. The van der Waals surface area contributed by atoms with Gasteiger partial charge in [-0.25, -0.2) is 0 Å². The fourth-order valence-corrected chi connectivity index (χ4v) is 6.14. The van der Waals surface area contributed by atoms with Crippen LogP contribution < -0.4 is 10.5 Å². The van der Waals surface area contributed by atoms with Gasteiger partial charge < -0.3 is 4.90 Å². The van der Waals surface area contributed by atoms with Gasteiger partial charge in [0.2, 0.25) is 0 Å². The van der Waals surface area contributed by atoms with Crippen molar-refractivity contribution in [3.8, 4) is 0 Å². The van der Waals surface area contributed by atoms with Crippen molar-refractivity contribution < 1.29 is 18.1 Å². The zero-order chi connectivity index (χ0) is 24.2. The molecule has 2 saturated heterocycles. The minimum atomic E-state index is -4.81. The third-order valence-electron chi connectivity index (χ3n) is 6.34. The first-order valence-corrected chi connectivity index (χ1v) is 11.7.